The molecule has 142 valence electrons. The molecule has 0 saturated carbocycles. The highest BCUT2D eigenvalue weighted by molar-refractivity contribution is 7.86. The number of hydrogen-bond donors (Lipinski definition) is 0. The largest absolute Gasteiger partial charge is 0.305 e. The van der Waals surface area contributed by atoms with Crippen LogP contribution in [0.3, 0.4) is 0 Å². The van der Waals surface area contributed by atoms with Crippen molar-refractivity contribution in [2.45, 2.75) is 18.9 Å². The Morgan fingerprint density at radius 3 is 2.41 bits per heavy atom. The van der Waals surface area contributed by atoms with Gasteiger partial charge in [0.1, 0.15) is 11.3 Å². The highest BCUT2D eigenvalue weighted by atomic mass is 32.2. The molecule has 1 aliphatic rings. The van der Waals surface area contributed by atoms with Gasteiger partial charge in [-0.25, -0.2) is 9.97 Å². The van der Waals surface area contributed by atoms with Crippen LogP contribution in [0.25, 0.3) is 22.6 Å². The molecule has 27 heavy (non-hydrogen) atoms. The molecule has 8 heteroatoms. The van der Waals surface area contributed by atoms with Crippen LogP contribution in [0.4, 0.5) is 0 Å². The molecular formula is C19H23N5O2S. The summed E-state index contributed by atoms with van der Waals surface area (Å²) >= 11 is 0. The van der Waals surface area contributed by atoms with E-state index in [1.54, 1.807) is 24.6 Å². The van der Waals surface area contributed by atoms with E-state index < -0.39 is 10.2 Å². The summed E-state index contributed by atoms with van der Waals surface area (Å²) in [6.45, 7) is 0.984. The molecule has 7 nitrogen and oxygen atoms in total. The van der Waals surface area contributed by atoms with E-state index in [9.17, 15) is 8.42 Å². The molecule has 0 N–H and O–H groups in total. The number of hydrogen-bond acceptors (Lipinski definition) is 4. The van der Waals surface area contributed by atoms with Gasteiger partial charge in [-0.2, -0.15) is 17.0 Å². The van der Waals surface area contributed by atoms with Crippen LogP contribution in [0.1, 0.15) is 18.9 Å². The Hall–Kier alpha value is -2.29. The van der Waals surface area contributed by atoms with Gasteiger partial charge < -0.3 is 4.57 Å². The predicted octanol–water partition coefficient (Wildman–Crippen LogP) is 2.54. The minimum atomic E-state index is -3.37. The zero-order valence-electron chi connectivity index (χ0n) is 15.5. The fourth-order valence-corrected chi connectivity index (χ4v) is 4.76. The normalized spacial score (nSPS) is 17.0. The van der Waals surface area contributed by atoms with Crippen LogP contribution in [-0.4, -0.2) is 58.7 Å². The van der Waals surface area contributed by atoms with Gasteiger partial charge in [0.25, 0.3) is 10.2 Å². The molecule has 3 aromatic rings. The van der Waals surface area contributed by atoms with Crippen molar-refractivity contribution in [3.63, 3.8) is 0 Å². The smallest absolute Gasteiger partial charge is 0.281 e. The number of imidazole rings is 1. The molecule has 0 atom stereocenters. The minimum absolute atomic E-state index is 0.161. The third kappa shape index (κ3) is 3.24. The maximum absolute atomic E-state index is 12.4. The summed E-state index contributed by atoms with van der Waals surface area (Å²) in [5, 5.41) is 0. The lowest BCUT2D eigenvalue weighted by Gasteiger charge is -2.33. The summed E-state index contributed by atoms with van der Waals surface area (Å²) in [5.41, 5.74) is 2.75. The molecular weight excluding hydrogens is 362 g/mol. The Balaban J connectivity index is 1.70. The van der Waals surface area contributed by atoms with Crippen molar-refractivity contribution in [2.75, 3.05) is 27.2 Å². The van der Waals surface area contributed by atoms with Gasteiger partial charge in [0, 0.05) is 45.0 Å². The fraction of sp³-hybridized carbons (Fsp3) is 0.368. The number of aromatic nitrogens is 3. The Morgan fingerprint density at radius 1 is 1.04 bits per heavy atom. The minimum Gasteiger partial charge on any atom is -0.305 e. The van der Waals surface area contributed by atoms with E-state index in [1.807, 2.05) is 42.5 Å². The van der Waals surface area contributed by atoms with Crippen LogP contribution in [-0.2, 0) is 10.2 Å². The molecule has 0 spiro atoms. The van der Waals surface area contributed by atoms with E-state index in [0.29, 0.717) is 13.1 Å². The fourth-order valence-electron chi connectivity index (χ4n) is 3.63. The van der Waals surface area contributed by atoms with E-state index in [-0.39, 0.29) is 6.04 Å². The van der Waals surface area contributed by atoms with Gasteiger partial charge in [0.15, 0.2) is 5.65 Å². The van der Waals surface area contributed by atoms with Crippen molar-refractivity contribution in [1.29, 1.82) is 0 Å². The van der Waals surface area contributed by atoms with Gasteiger partial charge in [-0.3, -0.25) is 0 Å². The Morgan fingerprint density at radius 2 is 1.74 bits per heavy atom. The summed E-state index contributed by atoms with van der Waals surface area (Å²) in [4.78, 5) is 9.37. The van der Waals surface area contributed by atoms with Crippen molar-refractivity contribution >= 4 is 21.4 Å². The van der Waals surface area contributed by atoms with Crippen LogP contribution < -0.4 is 0 Å². The van der Waals surface area contributed by atoms with Gasteiger partial charge in [0.2, 0.25) is 0 Å². The highest BCUT2D eigenvalue weighted by Gasteiger charge is 2.32. The molecule has 0 amide bonds. The van der Waals surface area contributed by atoms with Crippen LogP contribution in [0, 0.1) is 0 Å². The number of fused-ring (bicyclic) bond motifs is 1. The van der Waals surface area contributed by atoms with Crippen molar-refractivity contribution in [1.82, 2.24) is 23.1 Å². The molecule has 1 fully saturated rings. The zero-order chi connectivity index (χ0) is 19.0. The third-order valence-corrected chi connectivity index (χ3v) is 7.00. The number of nitrogens with zero attached hydrogens (tertiary/aromatic N) is 5. The van der Waals surface area contributed by atoms with Crippen molar-refractivity contribution in [3.8, 4) is 11.4 Å². The van der Waals surface area contributed by atoms with Crippen LogP contribution >= 0.6 is 0 Å². The topological polar surface area (TPSA) is 71.3 Å². The molecule has 1 aliphatic heterocycles. The Labute approximate surface area is 159 Å². The average molecular weight is 385 g/mol. The molecule has 2 aromatic heterocycles. The summed E-state index contributed by atoms with van der Waals surface area (Å²) in [5.74, 6) is 0.887. The highest BCUT2D eigenvalue weighted by Crippen LogP contribution is 2.33. The molecule has 4 rings (SSSR count). The van der Waals surface area contributed by atoms with Crippen LogP contribution in [0.2, 0.25) is 0 Å². The SMILES string of the molecule is CN(C)S(=O)(=O)N1CCC(n2c(-c3ccccc3)nc3cccnc32)CC1. The van der Waals surface area contributed by atoms with E-state index in [1.165, 1.54) is 4.31 Å². The molecule has 0 bridgehead atoms. The van der Waals surface area contributed by atoms with E-state index in [0.717, 1.165) is 35.4 Å². The summed E-state index contributed by atoms with van der Waals surface area (Å²) in [6.07, 6.45) is 3.24. The quantitative estimate of drug-likeness (QED) is 0.692. The van der Waals surface area contributed by atoms with Gasteiger partial charge in [-0.1, -0.05) is 30.3 Å². The standard InChI is InChI=1S/C19H23N5O2S/c1-22(2)27(25,26)23-13-10-16(11-14-23)24-18(15-7-4-3-5-8-15)21-17-9-6-12-20-19(17)24/h3-9,12,16H,10-11,13-14H2,1-2H3. The monoisotopic (exact) mass is 385 g/mol. The second-order valence-electron chi connectivity index (χ2n) is 6.94. The van der Waals surface area contributed by atoms with E-state index in [2.05, 4.69) is 9.55 Å². The molecule has 1 saturated heterocycles. The summed E-state index contributed by atoms with van der Waals surface area (Å²) < 4.78 is 29.8. The lowest BCUT2D eigenvalue weighted by atomic mass is 10.1. The summed E-state index contributed by atoms with van der Waals surface area (Å²) in [6, 6.07) is 14.1. The van der Waals surface area contributed by atoms with E-state index >= 15 is 0 Å². The lowest BCUT2D eigenvalue weighted by Crippen LogP contribution is -2.44. The zero-order valence-corrected chi connectivity index (χ0v) is 16.3. The molecule has 0 radical (unpaired) electrons. The average Bonchev–Trinajstić information content (AvgIpc) is 3.08. The number of pyridine rings is 1. The predicted molar refractivity (Wildman–Crippen MR) is 105 cm³/mol. The number of piperidine rings is 1. The van der Waals surface area contributed by atoms with Gasteiger partial charge in [-0.05, 0) is 25.0 Å². The molecule has 0 unspecified atom stereocenters. The number of rotatable bonds is 4. The van der Waals surface area contributed by atoms with Crippen molar-refractivity contribution in [3.05, 3.63) is 48.7 Å². The second-order valence-corrected chi connectivity index (χ2v) is 9.08. The maximum Gasteiger partial charge on any atom is 0.281 e. The van der Waals surface area contributed by atoms with Gasteiger partial charge in [-0.15, -0.1) is 0 Å². The van der Waals surface area contributed by atoms with Crippen molar-refractivity contribution < 1.29 is 8.42 Å². The first-order chi connectivity index (χ1) is 13.0. The van der Waals surface area contributed by atoms with Crippen LogP contribution in [0.5, 0.6) is 0 Å². The third-order valence-electron chi connectivity index (χ3n) is 5.06. The molecule has 0 aliphatic carbocycles. The lowest BCUT2D eigenvalue weighted by molar-refractivity contribution is 0.267. The molecule has 3 heterocycles. The maximum atomic E-state index is 12.4. The number of benzene rings is 1. The van der Waals surface area contributed by atoms with E-state index in [4.69, 9.17) is 4.98 Å². The second kappa shape index (κ2) is 7.03. The van der Waals surface area contributed by atoms with Crippen molar-refractivity contribution in [2.24, 2.45) is 0 Å². The summed E-state index contributed by atoms with van der Waals surface area (Å²) in [7, 11) is -0.228. The Bertz CT molecular complexity index is 1040. The molecule has 1 aromatic carbocycles. The first-order valence-corrected chi connectivity index (χ1v) is 10.4. The van der Waals surface area contributed by atoms with Gasteiger partial charge >= 0.3 is 0 Å². The Kier molecular flexibility index (Phi) is 4.71. The first-order valence-electron chi connectivity index (χ1n) is 9.04. The first kappa shape index (κ1) is 18.1. The van der Waals surface area contributed by atoms with Crippen LogP contribution in [0.15, 0.2) is 48.7 Å². The van der Waals surface area contributed by atoms with Gasteiger partial charge in [0.05, 0.1) is 0 Å².